The standard InChI is InChI=1S/C19H16O3/c1-15(20)7-8-17-9-12-18(13-10-17)22-19(21)14-11-16-5-3-2-4-6-16/h2-14H,1H3. The van der Waals surface area contributed by atoms with Crippen molar-refractivity contribution < 1.29 is 14.3 Å². The van der Waals surface area contributed by atoms with Crippen molar-refractivity contribution in [2.24, 2.45) is 0 Å². The summed E-state index contributed by atoms with van der Waals surface area (Å²) in [4.78, 5) is 22.6. The lowest BCUT2D eigenvalue weighted by atomic mass is 10.2. The minimum atomic E-state index is -0.434. The molecule has 2 rings (SSSR count). The van der Waals surface area contributed by atoms with Gasteiger partial charge in [0, 0.05) is 6.08 Å². The summed E-state index contributed by atoms with van der Waals surface area (Å²) in [6.45, 7) is 1.49. The molecule has 0 fully saturated rings. The fourth-order valence-corrected chi connectivity index (χ4v) is 1.74. The maximum absolute atomic E-state index is 11.7. The number of allylic oxidation sites excluding steroid dienone is 1. The zero-order valence-corrected chi connectivity index (χ0v) is 12.2. The van der Waals surface area contributed by atoms with Crippen LogP contribution in [0, 0.1) is 0 Å². The zero-order chi connectivity index (χ0) is 15.8. The molecule has 0 unspecified atom stereocenters. The highest BCUT2D eigenvalue weighted by molar-refractivity contribution is 5.91. The molecule has 0 aliphatic rings. The Labute approximate surface area is 129 Å². The van der Waals surface area contributed by atoms with Crippen molar-refractivity contribution in [3.05, 3.63) is 77.9 Å². The van der Waals surface area contributed by atoms with Gasteiger partial charge in [-0.3, -0.25) is 4.79 Å². The summed E-state index contributed by atoms with van der Waals surface area (Å²) in [6, 6.07) is 16.5. The first-order valence-electron chi connectivity index (χ1n) is 6.87. The van der Waals surface area contributed by atoms with Crippen LogP contribution in [0.25, 0.3) is 12.2 Å². The molecule has 2 aromatic carbocycles. The number of carbonyl (C=O) groups excluding carboxylic acids is 2. The number of benzene rings is 2. The van der Waals surface area contributed by atoms with Gasteiger partial charge in [0.25, 0.3) is 0 Å². The number of hydrogen-bond donors (Lipinski definition) is 0. The van der Waals surface area contributed by atoms with Gasteiger partial charge < -0.3 is 4.74 Å². The Bertz CT molecular complexity index is 695. The van der Waals surface area contributed by atoms with Gasteiger partial charge >= 0.3 is 5.97 Å². The van der Waals surface area contributed by atoms with Gasteiger partial charge in [0.2, 0.25) is 0 Å². The van der Waals surface area contributed by atoms with E-state index in [9.17, 15) is 9.59 Å². The highest BCUT2D eigenvalue weighted by Gasteiger charge is 2.00. The van der Waals surface area contributed by atoms with Crippen LogP contribution < -0.4 is 4.74 Å². The molecule has 110 valence electrons. The van der Waals surface area contributed by atoms with Crippen molar-refractivity contribution >= 4 is 23.9 Å². The SMILES string of the molecule is CC(=O)C=Cc1ccc(OC(=O)C=Cc2ccccc2)cc1. The molecule has 22 heavy (non-hydrogen) atoms. The molecule has 0 saturated heterocycles. The Morgan fingerprint density at radius 1 is 0.818 bits per heavy atom. The lowest BCUT2D eigenvalue weighted by Crippen LogP contribution is -2.03. The van der Waals surface area contributed by atoms with E-state index in [0.29, 0.717) is 5.75 Å². The monoisotopic (exact) mass is 292 g/mol. The Hall–Kier alpha value is -2.94. The smallest absolute Gasteiger partial charge is 0.336 e. The molecule has 0 bridgehead atoms. The number of rotatable bonds is 5. The van der Waals surface area contributed by atoms with Crippen molar-refractivity contribution in [3.63, 3.8) is 0 Å². The first-order chi connectivity index (χ1) is 10.6. The van der Waals surface area contributed by atoms with Crippen LogP contribution >= 0.6 is 0 Å². The molecule has 0 aromatic heterocycles. The lowest BCUT2D eigenvalue weighted by Gasteiger charge is -2.01. The molecular weight excluding hydrogens is 276 g/mol. The minimum Gasteiger partial charge on any atom is -0.423 e. The molecule has 0 spiro atoms. The molecular formula is C19H16O3. The predicted molar refractivity (Wildman–Crippen MR) is 87.3 cm³/mol. The maximum atomic E-state index is 11.7. The van der Waals surface area contributed by atoms with Crippen LogP contribution in [0.4, 0.5) is 0 Å². The van der Waals surface area contributed by atoms with Gasteiger partial charge in [-0.1, -0.05) is 48.5 Å². The average Bonchev–Trinajstić information content (AvgIpc) is 2.53. The number of esters is 1. The van der Waals surface area contributed by atoms with E-state index in [1.165, 1.54) is 19.1 Å². The Balaban J connectivity index is 1.94. The number of hydrogen-bond acceptors (Lipinski definition) is 3. The molecule has 0 N–H and O–H groups in total. The van der Waals surface area contributed by atoms with Crippen LogP contribution in [-0.2, 0) is 9.59 Å². The first-order valence-corrected chi connectivity index (χ1v) is 6.87. The third-order valence-corrected chi connectivity index (χ3v) is 2.82. The van der Waals surface area contributed by atoms with Gasteiger partial charge in [-0.05, 0) is 42.3 Å². The highest BCUT2D eigenvalue weighted by Crippen LogP contribution is 2.14. The summed E-state index contributed by atoms with van der Waals surface area (Å²) in [5.74, 6) is 0.0140. The van der Waals surface area contributed by atoms with Crippen molar-refractivity contribution in [1.82, 2.24) is 0 Å². The van der Waals surface area contributed by atoms with Crippen LogP contribution in [0.15, 0.2) is 66.7 Å². The van der Waals surface area contributed by atoms with Gasteiger partial charge in [-0.2, -0.15) is 0 Å². The molecule has 3 nitrogen and oxygen atoms in total. The van der Waals surface area contributed by atoms with Gasteiger partial charge in [-0.25, -0.2) is 4.79 Å². The summed E-state index contributed by atoms with van der Waals surface area (Å²) in [7, 11) is 0. The molecule has 0 atom stereocenters. The quantitative estimate of drug-likeness (QED) is 0.477. The van der Waals surface area contributed by atoms with Crippen LogP contribution in [0.2, 0.25) is 0 Å². The summed E-state index contributed by atoms with van der Waals surface area (Å²) in [5.41, 5.74) is 1.80. The molecule has 0 aliphatic carbocycles. The summed E-state index contributed by atoms with van der Waals surface area (Å²) in [5, 5.41) is 0. The van der Waals surface area contributed by atoms with E-state index in [0.717, 1.165) is 11.1 Å². The second-order valence-corrected chi connectivity index (χ2v) is 4.68. The maximum Gasteiger partial charge on any atom is 0.336 e. The summed E-state index contributed by atoms with van der Waals surface area (Å²) >= 11 is 0. The molecule has 0 amide bonds. The number of carbonyl (C=O) groups is 2. The largest absolute Gasteiger partial charge is 0.423 e. The van der Waals surface area contributed by atoms with E-state index in [1.54, 1.807) is 36.4 Å². The van der Waals surface area contributed by atoms with Crippen LogP contribution in [0.1, 0.15) is 18.1 Å². The van der Waals surface area contributed by atoms with E-state index >= 15 is 0 Å². The second kappa shape index (κ2) is 7.74. The molecule has 0 radical (unpaired) electrons. The third-order valence-electron chi connectivity index (χ3n) is 2.82. The fraction of sp³-hybridized carbons (Fsp3) is 0.0526. The van der Waals surface area contributed by atoms with Gasteiger partial charge in [-0.15, -0.1) is 0 Å². The summed E-state index contributed by atoms with van der Waals surface area (Å²) < 4.78 is 5.20. The van der Waals surface area contributed by atoms with Crippen molar-refractivity contribution in [3.8, 4) is 5.75 Å². The van der Waals surface area contributed by atoms with Crippen molar-refractivity contribution in [1.29, 1.82) is 0 Å². The third kappa shape index (κ3) is 5.21. The topological polar surface area (TPSA) is 43.4 Å². The molecule has 0 heterocycles. The van der Waals surface area contributed by atoms with Crippen molar-refractivity contribution in [2.45, 2.75) is 6.92 Å². The number of ether oxygens (including phenoxy) is 1. The zero-order valence-electron chi connectivity index (χ0n) is 12.2. The van der Waals surface area contributed by atoms with Gasteiger partial charge in [0.05, 0.1) is 0 Å². The molecule has 2 aromatic rings. The van der Waals surface area contributed by atoms with E-state index in [1.807, 2.05) is 30.3 Å². The highest BCUT2D eigenvalue weighted by atomic mass is 16.5. The van der Waals surface area contributed by atoms with Gasteiger partial charge in [0.15, 0.2) is 5.78 Å². The average molecular weight is 292 g/mol. The predicted octanol–water partition coefficient (Wildman–Crippen LogP) is 3.91. The summed E-state index contributed by atoms with van der Waals surface area (Å²) in [6.07, 6.45) is 6.29. The Morgan fingerprint density at radius 2 is 1.41 bits per heavy atom. The molecule has 3 heteroatoms. The van der Waals surface area contributed by atoms with E-state index in [-0.39, 0.29) is 5.78 Å². The van der Waals surface area contributed by atoms with Crippen LogP contribution in [0.3, 0.4) is 0 Å². The van der Waals surface area contributed by atoms with Crippen LogP contribution in [-0.4, -0.2) is 11.8 Å². The van der Waals surface area contributed by atoms with E-state index < -0.39 is 5.97 Å². The Kier molecular flexibility index (Phi) is 5.44. The second-order valence-electron chi connectivity index (χ2n) is 4.68. The fourth-order valence-electron chi connectivity index (χ4n) is 1.74. The Morgan fingerprint density at radius 3 is 2.05 bits per heavy atom. The number of ketones is 1. The molecule has 0 saturated carbocycles. The van der Waals surface area contributed by atoms with Gasteiger partial charge in [0.1, 0.15) is 5.75 Å². The first kappa shape index (κ1) is 15.4. The van der Waals surface area contributed by atoms with Crippen molar-refractivity contribution in [2.75, 3.05) is 0 Å². The normalized spacial score (nSPS) is 11.0. The minimum absolute atomic E-state index is 0.0125. The van der Waals surface area contributed by atoms with Crippen LogP contribution in [0.5, 0.6) is 5.75 Å². The lowest BCUT2D eigenvalue weighted by molar-refractivity contribution is -0.128. The van der Waals surface area contributed by atoms with E-state index in [4.69, 9.17) is 4.74 Å². The van der Waals surface area contributed by atoms with E-state index in [2.05, 4.69) is 0 Å². The molecule has 0 aliphatic heterocycles.